The van der Waals surface area contributed by atoms with Gasteiger partial charge in [0.1, 0.15) is 18.0 Å². The van der Waals surface area contributed by atoms with Crippen LogP contribution in [0.1, 0.15) is 11.8 Å². The van der Waals surface area contributed by atoms with Gasteiger partial charge >= 0.3 is 0 Å². The average Bonchev–Trinajstić information content (AvgIpc) is 3.48. The van der Waals surface area contributed by atoms with Crippen molar-refractivity contribution in [3.63, 3.8) is 0 Å². The highest BCUT2D eigenvalue weighted by atomic mass is 16.6. The number of rotatable bonds is 7. The molecule has 2 aromatic heterocycles. The van der Waals surface area contributed by atoms with E-state index in [0.29, 0.717) is 40.7 Å². The van der Waals surface area contributed by atoms with Crippen LogP contribution in [0.5, 0.6) is 5.75 Å². The van der Waals surface area contributed by atoms with Crippen LogP contribution in [-0.2, 0) is 16.1 Å². The minimum Gasteiger partial charge on any atom is -0.497 e. The summed E-state index contributed by atoms with van der Waals surface area (Å²) in [6.07, 6.45) is -3.65. The summed E-state index contributed by atoms with van der Waals surface area (Å²) in [5.41, 5.74) is 2.58. The fourth-order valence-electron chi connectivity index (χ4n) is 4.15. The van der Waals surface area contributed by atoms with E-state index in [0.717, 1.165) is 5.56 Å². The summed E-state index contributed by atoms with van der Waals surface area (Å²) in [4.78, 5) is 26.0. The van der Waals surface area contributed by atoms with Crippen LogP contribution in [0, 0.1) is 0 Å². The number of methoxy groups -OCH3 is 1. The summed E-state index contributed by atoms with van der Waals surface area (Å²) in [5, 5.41) is 26.9. The number of fused-ring (bicyclic) bond motifs is 1. The molecule has 1 fully saturated rings. The van der Waals surface area contributed by atoms with Crippen molar-refractivity contribution >= 4 is 22.9 Å². The molecule has 4 aromatic rings. The number of nitrogens with zero attached hydrogens (tertiary/aromatic N) is 4. The van der Waals surface area contributed by atoms with E-state index in [2.05, 4.69) is 15.6 Å². The van der Waals surface area contributed by atoms with Crippen molar-refractivity contribution in [3.05, 3.63) is 66.5 Å². The number of anilines is 1. The van der Waals surface area contributed by atoms with Crippen LogP contribution in [0.3, 0.4) is 0 Å². The van der Waals surface area contributed by atoms with E-state index in [4.69, 9.17) is 19.4 Å². The van der Waals surface area contributed by atoms with E-state index in [1.807, 2.05) is 54.6 Å². The number of carbonyl (C=O) groups excluding carboxylic acids is 1. The molecule has 0 saturated carbocycles. The molecule has 2 aromatic carbocycles. The highest BCUT2D eigenvalue weighted by Crippen LogP contribution is 2.34. The number of aliphatic hydroxyl groups is 2. The van der Waals surface area contributed by atoms with Gasteiger partial charge in [0.05, 0.1) is 13.4 Å². The van der Waals surface area contributed by atoms with Crippen molar-refractivity contribution < 1.29 is 24.5 Å². The van der Waals surface area contributed by atoms with Crippen LogP contribution < -0.4 is 15.4 Å². The molecule has 11 heteroatoms. The Labute approximate surface area is 206 Å². The standard InChI is InChI=1S/C25H26N6O5/c1-26-24(34)20-18(32)19(33)25(36-20)31-13-28-17-22(27-12-14-7-4-3-5-8-14)29-21(30-23(17)31)15-9-6-10-16(11-15)35-2/h3-11,13,18-20,25,32-33H,12H2,1-2H3,(H,26,34)(H,27,29,30)/t18-,19+,20-,25+/m0/s1. The predicted octanol–water partition coefficient (Wildman–Crippen LogP) is 1.48. The van der Waals surface area contributed by atoms with E-state index in [1.165, 1.54) is 17.9 Å². The lowest BCUT2D eigenvalue weighted by Crippen LogP contribution is -2.41. The number of aromatic nitrogens is 4. The maximum atomic E-state index is 12.1. The zero-order valence-corrected chi connectivity index (χ0v) is 19.7. The van der Waals surface area contributed by atoms with Gasteiger partial charge in [-0.25, -0.2) is 15.0 Å². The number of imidazole rings is 1. The Balaban J connectivity index is 1.59. The van der Waals surface area contributed by atoms with E-state index < -0.39 is 30.4 Å². The maximum absolute atomic E-state index is 12.1. The van der Waals surface area contributed by atoms with Gasteiger partial charge in [-0.05, 0) is 17.7 Å². The molecule has 0 bridgehead atoms. The summed E-state index contributed by atoms with van der Waals surface area (Å²) < 4.78 is 12.6. The lowest BCUT2D eigenvalue weighted by atomic mass is 10.1. The van der Waals surface area contributed by atoms with Crippen LogP contribution in [0.15, 0.2) is 60.9 Å². The number of likely N-dealkylation sites (N-methyl/N-ethyl adjacent to an activating group) is 1. The van der Waals surface area contributed by atoms with Crippen molar-refractivity contribution in [1.82, 2.24) is 24.8 Å². The van der Waals surface area contributed by atoms with Crippen molar-refractivity contribution in [2.24, 2.45) is 0 Å². The molecule has 0 radical (unpaired) electrons. The quantitative estimate of drug-likeness (QED) is 0.303. The third-order valence-corrected chi connectivity index (χ3v) is 6.07. The highest BCUT2D eigenvalue weighted by Gasteiger charge is 2.47. The van der Waals surface area contributed by atoms with Gasteiger partial charge in [0.15, 0.2) is 35.1 Å². The van der Waals surface area contributed by atoms with Gasteiger partial charge < -0.3 is 30.3 Å². The second-order valence-electron chi connectivity index (χ2n) is 8.33. The van der Waals surface area contributed by atoms with Crippen LogP contribution in [-0.4, -0.2) is 68.1 Å². The first kappa shape index (κ1) is 23.7. The molecule has 186 valence electrons. The third-order valence-electron chi connectivity index (χ3n) is 6.07. The van der Waals surface area contributed by atoms with E-state index in [-0.39, 0.29) is 0 Å². The fraction of sp³-hybridized carbons (Fsp3) is 0.280. The largest absolute Gasteiger partial charge is 0.497 e. The molecule has 0 unspecified atom stereocenters. The molecular weight excluding hydrogens is 464 g/mol. The average molecular weight is 491 g/mol. The summed E-state index contributed by atoms with van der Waals surface area (Å²) >= 11 is 0. The minimum absolute atomic E-state index is 0.368. The zero-order valence-electron chi connectivity index (χ0n) is 19.7. The summed E-state index contributed by atoms with van der Waals surface area (Å²) in [7, 11) is 3.02. The number of ether oxygens (including phenoxy) is 2. The Kier molecular flexibility index (Phi) is 6.51. The molecule has 36 heavy (non-hydrogen) atoms. The monoisotopic (exact) mass is 490 g/mol. The van der Waals surface area contributed by atoms with Crippen LogP contribution in [0.25, 0.3) is 22.6 Å². The lowest BCUT2D eigenvalue weighted by molar-refractivity contribution is -0.137. The number of hydrogen-bond acceptors (Lipinski definition) is 9. The predicted molar refractivity (Wildman–Crippen MR) is 131 cm³/mol. The Hall–Kier alpha value is -4.06. The Bertz CT molecular complexity index is 1380. The maximum Gasteiger partial charge on any atom is 0.251 e. The molecule has 3 heterocycles. The highest BCUT2D eigenvalue weighted by molar-refractivity contribution is 5.85. The number of carbonyl (C=O) groups is 1. The van der Waals surface area contributed by atoms with Gasteiger partial charge in [0.2, 0.25) is 0 Å². The SMILES string of the molecule is CNC(=O)[C@H]1O[C@@H](n2cnc3c(NCc4ccccc4)nc(-c4cccc(OC)c4)nc32)[C@H](O)[C@@H]1O. The fourth-order valence-corrected chi connectivity index (χ4v) is 4.15. The Morgan fingerprint density at radius 1 is 1.11 bits per heavy atom. The smallest absolute Gasteiger partial charge is 0.251 e. The van der Waals surface area contributed by atoms with Gasteiger partial charge in [-0.2, -0.15) is 0 Å². The normalized spacial score (nSPS) is 21.4. The van der Waals surface area contributed by atoms with Crippen molar-refractivity contribution in [2.45, 2.75) is 31.1 Å². The molecule has 11 nitrogen and oxygen atoms in total. The van der Waals surface area contributed by atoms with E-state index in [1.54, 1.807) is 7.11 Å². The Morgan fingerprint density at radius 3 is 2.67 bits per heavy atom. The van der Waals surface area contributed by atoms with Gasteiger partial charge in [-0.3, -0.25) is 9.36 Å². The van der Waals surface area contributed by atoms with Crippen LogP contribution >= 0.6 is 0 Å². The summed E-state index contributed by atoms with van der Waals surface area (Å²) in [5.74, 6) is 0.992. The molecule has 0 aliphatic carbocycles. The number of nitrogens with one attached hydrogen (secondary N) is 2. The van der Waals surface area contributed by atoms with Gasteiger partial charge in [0, 0.05) is 19.2 Å². The number of amides is 1. The first-order chi connectivity index (χ1) is 17.5. The van der Waals surface area contributed by atoms with Gasteiger partial charge in [-0.15, -0.1) is 0 Å². The molecule has 1 aliphatic rings. The van der Waals surface area contributed by atoms with Gasteiger partial charge in [-0.1, -0.05) is 42.5 Å². The second kappa shape index (κ2) is 9.90. The first-order valence-corrected chi connectivity index (χ1v) is 11.4. The van der Waals surface area contributed by atoms with Crippen molar-refractivity contribution in [3.8, 4) is 17.1 Å². The Morgan fingerprint density at radius 2 is 1.92 bits per heavy atom. The van der Waals surface area contributed by atoms with Crippen molar-refractivity contribution in [2.75, 3.05) is 19.5 Å². The number of hydrogen-bond donors (Lipinski definition) is 4. The molecule has 4 atom stereocenters. The molecule has 1 aliphatic heterocycles. The molecule has 0 spiro atoms. The molecular formula is C25H26N6O5. The third kappa shape index (κ3) is 4.35. The summed E-state index contributed by atoms with van der Waals surface area (Å²) in [6.45, 7) is 0.497. The van der Waals surface area contributed by atoms with Crippen LogP contribution in [0.4, 0.5) is 5.82 Å². The van der Waals surface area contributed by atoms with Gasteiger partial charge in [0.25, 0.3) is 5.91 Å². The summed E-state index contributed by atoms with van der Waals surface area (Å²) in [6, 6.07) is 17.2. The lowest BCUT2D eigenvalue weighted by Gasteiger charge is -2.17. The molecule has 5 rings (SSSR count). The minimum atomic E-state index is -1.41. The second-order valence-corrected chi connectivity index (χ2v) is 8.33. The topological polar surface area (TPSA) is 144 Å². The molecule has 1 saturated heterocycles. The van der Waals surface area contributed by atoms with Crippen LogP contribution in [0.2, 0.25) is 0 Å². The van der Waals surface area contributed by atoms with E-state index in [9.17, 15) is 15.0 Å². The van der Waals surface area contributed by atoms with Crippen molar-refractivity contribution in [1.29, 1.82) is 0 Å². The first-order valence-electron chi connectivity index (χ1n) is 11.4. The van der Waals surface area contributed by atoms with E-state index >= 15 is 0 Å². The molecule has 4 N–H and O–H groups in total. The number of aliphatic hydroxyl groups excluding tert-OH is 2. The molecule has 1 amide bonds. The number of benzene rings is 2. The zero-order chi connectivity index (χ0) is 25.2.